The van der Waals surface area contributed by atoms with Gasteiger partial charge in [0, 0.05) is 13.1 Å². The molecule has 0 amide bonds. The number of carboxylic acid groups (broad SMARTS) is 1. The Kier molecular flexibility index (Phi) is 4.08. The molecule has 1 saturated carbocycles. The van der Waals surface area contributed by atoms with Crippen LogP contribution >= 0.6 is 0 Å². The molecule has 17 heavy (non-hydrogen) atoms. The van der Waals surface area contributed by atoms with Gasteiger partial charge in [-0.1, -0.05) is 32.6 Å². The summed E-state index contributed by atoms with van der Waals surface area (Å²) in [5, 5.41) is 8.85. The summed E-state index contributed by atoms with van der Waals surface area (Å²) in [5.74, 6) is -0.851. The molecular formula is C14H25NO2. The Labute approximate surface area is 104 Å². The second-order valence-electron chi connectivity index (χ2n) is 6.15. The number of nitrogens with zero attached hydrogens (tertiary/aromatic N) is 1. The van der Waals surface area contributed by atoms with Crippen LogP contribution in [0.15, 0.2) is 0 Å². The summed E-state index contributed by atoms with van der Waals surface area (Å²) in [5.41, 5.74) is 0.614. The first kappa shape index (κ1) is 12.9. The molecule has 0 aromatic carbocycles. The van der Waals surface area contributed by atoms with E-state index in [4.69, 9.17) is 5.11 Å². The number of carboxylic acids is 1. The molecule has 2 aliphatic rings. The summed E-state index contributed by atoms with van der Waals surface area (Å²) in [6.45, 7) is 5.22. The van der Waals surface area contributed by atoms with E-state index in [1.807, 2.05) is 6.92 Å². The third-order valence-corrected chi connectivity index (χ3v) is 4.58. The highest BCUT2D eigenvalue weighted by Crippen LogP contribution is 2.42. The second-order valence-corrected chi connectivity index (χ2v) is 6.15. The molecule has 1 aliphatic carbocycles. The molecule has 1 atom stereocenters. The third-order valence-electron chi connectivity index (χ3n) is 4.58. The van der Waals surface area contributed by atoms with Crippen LogP contribution < -0.4 is 0 Å². The zero-order valence-electron chi connectivity index (χ0n) is 11.0. The molecule has 3 nitrogen and oxygen atoms in total. The Bertz CT molecular complexity index is 261. The van der Waals surface area contributed by atoms with Gasteiger partial charge >= 0.3 is 5.97 Å². The van der Waals surface area contributed by atoms with E-state index < -0.39 is 5.97 Å². The van der Waals surface area contributed by atoms with Gasteiger partial charge in [-0.2, -0.15) is 0 Å². The van der Waals surface area contributed by atoms with E-state index in [1.165, 1.54) is 51.6 Å². The number of aliphatic carboxylic acids is 1. The lowest BCUT2D eigenvalue weighted by Crippen LogP contribution is -2.56. The topological polar surface area (TPSA) is 40.5 Å². The molecule has 1 heterocycles. The van der Waals surface area contributed by atoms with Gasteiger partial charge in [0.05, 0.1) is 5.92 Å². The largest absolute Gasteiger partial charge is 0.481 e. The van der Waals surface area contributed by atoms with E-state index in [0.29, 0.717) is 5.41 Å². The van der Waals surface area contributed by atoms with Crippen molar-refractivity contribution in [1.82, 2.24) is 4.90 Å². The molecule has 98 valence electrons. The highest BCUT2D eigenvalue weighted by molar-refractivity contribution is 5.69. The van der Waals surface area contributed by atoms with Gasteiger partial charge in [0.15, 0.2) is 0 Å². The molecule has 2 fully saturated rings. The molecule has 2 rings (SSSR count). The van der Waals surface area contributed by atoms with E-state index in [0.717, 1.165) is 13.0 Å². The molecule has 0 bridgehead atoms. The van der Waals surface area contributed by atoms with E-state index in [9.17, 15) is 4.79 Å². The highest BCUT2D eigenvalue weighted by Gasteiger charge is 2.42. The Balaban J connectivity index is 1.69. The molecule has 1 spiro atoms. The van der Waals surface area contributed by atoms with Crippen molar-refractivity contribution in [2.75, 3.05) is 19.6 Å². The van der Waals surface area contributed by atoms with E-state index in [-0.39, 0.29) is 5.92 Å². The van der Waals surface area contributed by atoms with Crippen molar-refractivity contribution in [3.63, 3.8) is 0 Å². The van der Waals surface area contributed by atoms with Gasteiger partial charge < -0.3 is 10.0 Å². The Hall–Kier alpha value is -0.570. The van der Waals surface area contributed by atoms with Gasteiger partial charge in [0.1, 0.15) is 0 Å². The molecule has 3 heteroatoms. The normalized spacial score (nSPS) is 26.2. The Morgan fingerprint density at radius 3 is 2.35 bits per heavy atom. The minimum Gasteiger partial charge on any atom is -0.481 e. The van der Waals surface area contributed by atoms with Crippen LogP contribution in [-0.4, -0.2) is 35.6 Å². The quantitative estimate of drug-likeness (QED) is 0.820. The van der Waals surface area contributed by atoms with Crippen LogP contribution in [0.5, 0.6) is 0 Å². The lowest BCUT2D eigenvalue weighted by atomic mass is 9.73. The van der Waals surface area contributed by atoms with Crippen LogP contribution in [0.1, 0.15) is 51.9 Å². The summed E-state index contributed by atoms with van der Waals surface area (Å²) in [7, 11) is 0. The van der Waals surface area contributed by atoms with Gasteiger partial charge in [-0.3, -0.25) is 4.79 Å². The maximum atomic E-state index is 10.7. The van der Waals surface area contributed by atoms with E-state index >= 15 is 0 Å². The summed E-state index contributed by atoms with van der Waals surface area (Å²) in [4.78, 5) is 13.2. The Morgan fingerprint density at radius 2 is 1.82 bits per heavy atom. The monoisotopic (exact) mass is 239 g/mol. The van der Waals surface area contributed by atoms with Crippen LogP contribution in [0, 0.1) is 11.3 Å². The fraction of sp³-hybridized carbons (Fsp3) is 0.929. The summed E-state index contributed by atoms with van der Waals surface area (Å²) < 4.78 is 0. The maximum absolute atomic E-state index is 10.7. The molecule has 1 N–H and O–H groups in total. The van der Waals surface area contributed by atoms with Gasteiger partial charge in [-0.15, -0.1) is 0 Å². The highest BCUT2D eigenvalue weighted by atomic mass is 16.4. The lowest BCUT2D eigenvalue weighted by molar-refractivity contribution is -0.141. The second kappa shape index (κ2) is 5.38. The number of carbonyl (C=O) groups is 1. The lowest BCUT2D eigenvalue weighted by Gasteiger charge is -2.50. The van der Waals surface area contributed by atoms with Crippen molar-refractivity contribution in [3.05, 3.63) is 0 Å². The van der Waals surface area contributed by atoms with Crippen molar-refractivity contribution < 1.29 is 9.90 Å². The average molecular weight is 239 g/mol. The number of hydrogen-bond donors (Lipinski definition) is 1. The number of likely N-dealkylation sites (tertiary alicyclic amines) is 1. The zero-order chi connectivity index (χ0) is 12.3. The minimum atomic E-state index is -0.658. The predicted molar refractivity (Wildman–Crippen MR) is 68.0 cm³/mol. The SMILES string of the molecule is CC(CCN1CC2(CCCCCC2)C1)C(=O)O. The number of rotatable bonds is 4. The van der Waals surface area contributed by atoms with Crippen molar-refractivity contribution in [1.29, 1.82) is 0 Å². The number of hydrogen-bond acceptors (Lipinski definition) is 2. The van der Waals surface area contributed by atoms with Gasteiger partial charge in [-0.05, 0) is 31.2 Å². The smallest absolute Gasteiger partial charge is 0.306 e. The van der Waals surface area contributed by atoms with Crippen LogP contribution in [-0.2, 0) is 4.79 Å². The fourth-order valence-corrected chi connectivity index (χ4v) is 3.35. The maximum Gasteiger partial charge on any atom is 0.306 e. The molecular weight excluding hydrogens is 214 g/mol. The first-order chi connectivity index (χ1) is 8.11. The molecule has 1 unspecified atom stereocenters. The summed E-state index contributed by atoms with van der Waals surface area (Å²) in [6.07, 6.45) is 9.23. The van der Waals surface area contributed by atoms with Crippen molar-refractivity contribution in [3.8, 4) is 0 Å². The molecule has 1 saturated heterocycles. The average Bonchev–Trinajstić information content (AvgIpc) is 2.49. The molecule has 0 radical (unpaired) electrons. The van der Waals surface area contributed by atoms with Crippen LogP contribution in [0.25, 0.3) is 0 Å². The van der Waals surface area contributed by atoms with Crippen LogP contribution in [0.2, 0.25) is 0 Å². The van der Waals surface area contributed by atoms with Crippen LogP contribution in [0.4, 0.5) is 0 Å². The minimum absolute atomic E-state index is 0.194. The molecule has 0 aromatic heterocycles. The first-order valence-corrected chi connectivity index (χ1v) is 7.06. The standard InChI is InChI=1S/C14H25NO2/c1-12(13(16)17)6-9-15-10-14(11-15)7-4-2-3-5-8-14/h12H,2-11H2,1H3,(H,16,17). The zero-order valence-corrected chi connectivity index (χ0v) is 11.0. The Morgan fingerprint density at radius 1 is 1.24 bits per heavy atom. The van der Waals surface area contributed by atoms with Gasteiger partial charge in [0.25, 0.3) is 0 Å². The van der Waals surface area contributed by atoms with E-state index in [1.54, 1.807) is 0 Å². The van der Waals surface area contributed by atoms with Crippen molar-refractivity contribution in [2.24, 2.45) is 11.3 Å². The summed E-state index contributed by atoms with van der Waals surface area (Å²) >= 11 is 0. The fourth-order valence-electron chi connectivity index (χ4n) is 3.35. The van der Waals surface area contributed by atoms with Crippen molar-refractivity contribution in [2.45, 2.75) is 51.9 Å². The van der Waals surface area contributed by atoms with Crippen LogP contribution in [0.3, 0.4) is 0 Å². The van der Waals surface area contributed by atoms with E-state index in [2.05, 4.69) is 4.90 Å². The van der Waals surface area contributed by atoms with Crippen molar-refractivity contribution >= 4 is 5.97 Å². The predicted octanol–water partition coefficient (Wildman–Crippen LogP) is 2.75. The molecule has 1 aliphatic heterocycles. The van der Waals surface area contributed by atoms with Gasteiger partial charge in [0.2, 0.25) is 0 Å². The third kappa shape index (κ3) is 3.21. The summed E-state index contributed by atoms with van der Waals surface area (Å²) in [6, 6.07) is 0. The van der Waals surface area contributed by atoms with Gasteiger partial charge in [-0.25, -0.2) is 0 Å². The molecule has 0 aromatic rings. The first-order valence-electron chi connectivity index (χ1n) is 7.06.